The van der Waals surface area contributed by atoms with E-state index in [1.807, 2.05) is 0 Å². The molecule has 2 aromatic carbocycles. The Balaban J connectivity index is 1.78. The van der Waals surface area contributed by atoms with Crippen LogP contribution in [0.4, 0.5) is 0 Å². The normalized spacial score (nSPS) is 23.9. The zero-order valence-electron chi connectivity index (χ0n) is 13.3. The molecule has 1 aliphatic heterocycles. The van der Waals surface area contributed by atoms with Crippen LogP contribution in [0.1, 0.15) is 34.6 Å². The number of hydrogen-bond acceptors (Lipinski definition) is 3. The Labute approximate surface area is 135 Å². The first-order chi connectivity index (χ1) is 11.3. The topological polar surface area (TPSA) is 44.8 Å². The number of benzene rings is 2. The number of rotatable bonds is 0. The minimum Gasteiger partial charge on any atom is -0.302 e. The molecular formula is C19H20N4. The minimum absolute atomic E-state index is 0.448. The summed E-state index contributed by atoms with van der Waals surface area (Å²) in [4.78, 5) is 2.55. The Hall–Kier alpha value is -2.20. The lowest BCUT2D eigenvalue weighted by Crippen LogP contribution is -2.39. The summed E-state index contributed by atoms with van der Waals surface area (Å²) in [6.45, 7) is 1.11. The van der Waals surface area contributed by atoms with Crippen LogP contribution in [0.2, 0.25) is 0 Å². The molecule has 0 bridgehead atoms. The van der Waals surface area contributed by atoms with Gasteiger partial charge in [0.1, 0.15) is 11.0 Å². The molecule has 3 aromatic rings. The molecule has 5 rings (SSSR count). The predicted octanol–water partition coefficient (Wildman–Crippen LogP) is 2.89. The first-order valence-electron chi connectivity index (χ1n) is 8.42. The number of nitrogens with one attached hydrogen (secondary N) is 1. The number of likely N-dealkylation sites (N-methyl/N-ethyl adjacent to an activating group) is 1. The summed E-state index contributed by atoms with van der Waals surface area (Å²) in [5.41, 5.74) is 7.86. The summed E-state index contributed by atoms with van der Waals surface area (Å²) in [6, 6.07) is 14.1. The fourth-order valence-electron chi connectivity index (χ4n) is 4.51. The van der Waals surface area contributed by atoms with Gasteiger partial charge in [-0.1, -0.05) is 24.3 Å². The number of aromatic amines is 1. The zero-order chi connectivity index (χ0) is 15.4. The molecule has 1 N–H and O–H groups in total. The molecule has 2 heterocycles. The van der Waals surface area contributed by atoms with Crippen molar-refractivity contribution in [3.8, 4) is 0 Å². The van der Waals surface area contributed by atoms with Gasteiger partial charge in [-0.05, 0) is 60.7 Å². The van der Waals surface area contributed by atoms with Crippen molar-refractivity contribution in [1.82, 2.24) is 20.3 Å². The second-order valence-corrected chi connectivity index (χ2v) is 6.88. The Kier molecular flexibility index (Phi) is 2.82. The van der Waals surface area contributed by atoms with E-state index in [4.69, 9.17) is 0 Å². The number of fused-ring (bicyclic) bond motifs is 6. The van der Waals surface area contributed by atoms with E-state index in [-0.39, 0.29) is 0 Å². The van der Waals surface area contributed by atoms with Crippen molar-refractivity contribution < 1.29 is 0 Å². The maximum Gasteiger partial charge on any atom is 0.113 e. The molecule has 0 saturated carbocycles. The molecule has 0 spiro atoms. The number of nitrogens with zero attached hydrogens (tertiary/aromatic N) is 3. The summed E-state index contributed by atoms with van der Waals surface area (Å²) in [5.74, 6) is 0.448. The Morgan fingerprint density at radius 1 is 1.00 bits per heavy atom. The molecule has 116 valence electrons. The van der Waals surface area contributed by atoms with E-state index in [0.717, 1.165) is 24.0 Å². The highest BCUT2D eigenvalue weighted by molar-refractivity contribution is 5.76. The Morgan fingerprint density at radius 3 is 2.74 bits per heavy atom. The van der Waals surface area contributed by atoms with Crippen LogP contribution in [0.5, 0.6) is 0 Å². The van der Waals surface area contributed by atoms with E-state index < -0.39 is 0 Å². The lowest BCUT2D eigenvalue weighted by atomic mass is 9.74. The monoisotopic (exact) mass is 304 g/mol. The van der Waals surface area contributed by atoms with Gasteiger partial charge in [0.2, 0.25) is 0 Å². The van der Waals surface area contributed by atoms with Gasteiger partial charge in [-0.15, -0.1) is 0 Å². The van der Waals surface area contributed by atoms with Crippen LogP contribution in [0.15, 0.2) is 36.4 Å². The second kappa shape index (κ2) is 4.90. The van der Waals surface area contributed by atoms with E-state index in [0.29, 0.717) is 12.0 Å². The van der Waals surface area contributed by atoms with Gasteiger partial charge in [-0.25, -0.2) is 0 Å². The zero-order valence-corrected chi connectivity index (χ0v) is 13.3. The van der Waals surface area contributed by atoms with Crippen LogP contribution in [0.25, 0.3) is 11.0 Å². The smallest absolute Gasteiger partial charge is 0.113 e. The molecule has 2 aliphatic rings. The quantitative estimate of drug-likeness (QED) is 0.694. The van der Waals surface area contributed by atoms with Gasteiger partial charge in [-0.3, -0.25) is 0 Å². The lowest BCUT2D eigenvalue weighted by Gasteiger charge is -2.38. The fraction of sp³-hybridized carbons (Fsp3) is 0.368. The van der Waals surface area contributed by atoms with Crippen LogP contribution in [0, 0.1) is 0 Å². The highest BCUT2D eigenvalue weighted by Crippen LogP contribution is 2.42. The van der Waals surface area contributed by atoms with E-state index >= 15 is 0 Å². The van der Waals surface area contributed by atoms with E-state index in [1.54, 1.807) is 0 Å². The standard InChI is InChI=1S/C19H20N4/c1-23-9-8-13-10-16-17(21-22-20-16)11-15(13)19-14-5-3-2-4-12(14)6-7-18(19)23/h2-5,10-11,18-19H,6-9H2,1H3,(H,20,21,22)/t18-,19+/m0/s1. The fourth-order valence-corrected chi connectivity index (χ4v) is 4.51. The highest BCUT2D eigenvalue weighted by atomic mass is 15.3. The molecule has 1 aliphatic carbocycles. The first kappa shape index (κ1) is 13.3. The van der Waals surface area contributed by atoms with Gasteiger partial charge >= 0.3 is 0 Å². The molecule has 0 fully saturated rings. The molecule has 4 heteroatoms. The number of H-pyrrole nitrogens is 1. The molecular weight excluding hydrogens is 284 g/mol. The van der Waals surface area contributed by atoms with Crippen LogP contribution >= 0.6 is 0 Å². The van der Waals surface area contributed by atoms with Gasteiger partial charge in [0.15, 0.2) is 0 Å². The minimum atomic E-state index is 0.448. The van der Waals surface area contributed by atoms with Gasteiger partial charge in [0.05, 0.1) is 0 Å². The maximum atomic E-state index is 4.32. The molecule has 23 heavy (non-hydrogen) atoms. The van der Waals surface area contributed by atoms with Crippen LogP contribution < -0.4 is 0 Å². The largest absolute Gasteiger partial charge is 0.302 e. The van der Waals surface area contributed by atoms with Crippen molar-refractivity contribution in [2.45, 2.75) is 31.2 Å². The van der Waals surface area contributed by atoms with E-state index in [2.05, 4.69) is 63.8 Å². The second-order valence-electron chi connectivity index (χ2n) is 6.88. The number of aromatic nitrogens is 3. The Morgan fingerprint density at radius 2 is 1.83 bits per heavy atom. The van der Waals surface area contributed by atoms with Gasteiger partial charge < -0.3 is 4.90 Å². The average molecular weight is 304 g/mol. The summed E-state index contributed by atoms with van der Waals surface area (Å²) in [6.07, 6.45) is 3.50. The predicted molar refractivity (Wildman–Crippen MR) is 90.6 cm³/mol. The van der Waals surface area contributed by atoms with E-state index in [1.165, 1.54) is 35.1 Å². The third kappa shape index (κ3) is 1.94. The number of aryl methyl sites for hydroxylation is 1. The molecule has 1 aromatic heterocycles. The van der Waals surface area contributed by atoms with Crippen molar-refractivity contribution in [3.05, 3.63) is 58.7 Å². The molecule has 2 atom stereocenters. The molecule has 0 radical (unpaired) electrons. The SMILES string of the molecule is CN1CCc2cc3n[nH]nc3cc2[C@H]2c3ccccc3CC[C@@H]21. The first-order valence-corrected chi connectivity index (χ1v) is 8.42. The number of hydrogen-bond donors (Lipinski definition) is 1. The third-order valence-electron chi connectivity index (χ3n) is 5.70. The summed E-state index contributed by atoms with van der Waals surface area (Å²) >= 11 is 0. The van der Waals surface area contributed by atoms with Crippen molar-refractivity contribution in [2.75, 3.05) is 13.6 Å². The van der Waals surface area contributed by atoms with Gasteiger partial charge in [-0.2, -0.15) is 15.4 Å². The summed E-state index contributed by atoms with van der Waals surface area (Å²) in [5, 5.41) is 11.4. The van der Waals surface area contributed by atoms with Crippen LogP contribution in [-0.4, -0.2) is 39.9 Å². The molecule has 0 amide bonds. The van der Waals surface area contributed by atoms with Crippen molar-refractivity contribution in [3.63, 3.8) is 0 Å². The van der Waals surface area contributed by atoms with Gasteiger partial charge in [0, 0.05) is 18.5 Å². The summed E-state index contributed by atoms with van der Waals surface area (Å²) in [7, 11) is 2.28. The van der Waals surface area contributed by atoms with E-state index in [9.17, 15) is 0 Å². The lowest BCUT2D eigenvalue weighted by molar-refractivity contribution is 0.214. The molecule has 0 saturated heterocycles. The van der Waals surface area contributed by atoms with Crippen molar-refractivity contribution in [1.29, 1.82) is 0 Å². The Bertz CT molecular complexity index is 882. The molecule has 4 nitrogen and oxygen atoms in total. The summed E-state index contributed by atoms with van der Waals surface area (Å²) < 4.78 is 0. The highest BCUT2D eigenvalue weighted by Gasteiger charge is 2.36. The van der Waals surface area contributed by atoms with Crippen molar-refractivity contribution >= 4 is 11.0 Å². The van der Waals surface area contributed by atoms with Crippen molar-refractivity contribution in [2.24, 2.45) is 0 Å². The molecule has 0 unspecified atom stereocenters. The van der Waals surface area contributed by atoms with Crippen LogP contribution in [0.3, 0.4) is 0 Å². The maximum absolute atomic E-state index is 4.32. The average Bonchev–Trinajstić information content (AvgIpc) is 2.99. The van der Waals surface area contributed by atoms with Crippen LogP contribution in [-0.2, 0) is 12.8 Å². The van der Waals surface area contributed by atoms with Gasteiger partial charge in [0.25, 0.3) is 0 Å². The third-order valence-corrected chi connectivity index (χ3v) is 5.70.